The van der Waals surface area contributed by atoms with Crippen LogP contribution in [0.4, 0.5) is 0 Å². The van der Waals surface area contributed by atoms with Gasteiger partial charge in [-0.05, 0) is 36.6 Å². The number of halogens is 1. The zero-order valence-corrected chi connectivity index (χ0v) is 19.3. The lowest BCUT2D eigenvalue weighted by atomic mass is 9.90. The van der Waals surface area contributed by atoms with Crippen LogP contribution in [0.25, 0.3) is 5.76 Å². The summed E-state index contributed by atoms with van der Waals surface area (Å²) in [4.78, 5) is 28.1. The van der Waals surface area contributed by atoms with Gasteiger partial charge in [-0.25, -0.2) is 0 Å². The maximum Gasteiger partial charge on any atom is 0.295 e. The zero-order valence-electron chi connectivity index (χ0n) is 18.5. The summed E-state index contributed by atoms with van der Waals surface area (Å²) in [5.74, 6) is -1.29. The smallest absolute Gasteiger partial charge is 0.295 e. The molecule has 1 unspecified atom stereocenters. The monoisotopic (exact) mass is 471 g/mol. The van der Waals surface area contributed by atoms with E-state index in [1.807, 2.05) is 0 Å². The Morgan fingerprint density at radius 1 is 1.03 bits per heavy atom. The van der Waals surface area contributed by atoms with Gasteiger partial charge in [-0.3, -0.25) is 9.59 Å². The predicted molar refractivity (Wildman–Crippen MR) is 124 cm³/mol. The fourth-order valence-electron chi connectivity index (χ4n) is 4.80. The van der Waals surface area contributed by atoms with Gasteiger partial charge in [0.05, 0.1) is 36.4 Å². The van der Waals surface area contributed by atoms with Crippen molar-refractivity contribution in [1.82, 2.24) is 4.90 Å². The molecule has 2 aliphatic rings. The average Bonchev–Trinajstić information content (AvgIpc) is 3.09. The van der Waals surface area contributed by atoms with Gasteiger partial charge < -0.3 is 24.6 Å². The van der Waals surface area contributed by atoms with Crippen LogP contribution in [0.1, 0.15) is 49.3 Å². The Hall–Kier alpha value is -3.19. The van der Waals surface area contributed by atoms with E-state index >= 15 is 0 Å². The van der Waals surface area contributed by atoms with Crippen LogP contribution in [0, 0.1) is 0 Å². The molecule has 2 aromatic rings. The second-order valence-electron chi connectivity index (χ2n) is 8.28. The molecule has 0 spiro atoms. The highest BCUT2D eigenvalue weighted by Crippen LogP contribution is 2.45. The minimum atomic E-state index is -0.841. The minimum Gasteiger partial charge on any atom is -0.508 e. The molecule has 1 aliphatic carbocycles. The molecule has 1 heterocycles. The molecular formula is C25H26ClNO6. The quantitative estimate of drug-likeness (QED) is 0.369. The first-order chi connectivity index (χ1) is 15.9. The Balaban J connectivity index is 1.94. The molecule has 2 aromatic carbocycles. The van der Waals surface area contributed by atoms with Crippen LogP contribution in [0.5, 0.6) is 17.2 Å². The number of phenols is 1. The topological polar surface area (TPSA) is 96.3 Å². The molecule has 174 valence electrons. The first-order valence-corrected chi connectivity index (χ1v) is 11.3. The Morgan fingerprint density at radius 3 is 2.36 bits per heavy atom. The Morgan fingerprint density at radius 2 is 1.73 bits per heavy atom. The number of benzene rings is 2. The Bertz CT molecular complexity index is 1120. The number of aromatic hydroxyl groups is 1. The van der Waals surface area contributed by atoms with Crippen molar-refractivity contribution >= 4 is 29.1 Å². The number of carbonyl (C=O) groups excluding carboxylic acids is 2. The second-order valence-corrected chi connectivity index (χ2v) is 8.69. The van der Waals surface area contributed by atoms with Crippen molar-refractivity contribution in [2.24, 2.45) is 0 Å². The highest BCUT2D eigenvalue weighted by atomic mass is 35.5. The van der Waals surface area contributed by atoms with Gasteiger partial charge >= 0.3 is 0 Å². The number of methoxy groups -OCH3 is 2. The largest absolute Gasteiger partial charge is 0.508 e. The van der Waals surface area contributed by atoms with Gasteiger partial charge in [0, 0.05) is 12.1 Å². The SMILES string of the molecule is COc1cc(/C(O)=C2\C(=O)C(=O)N(C3CCCCC3)C2c2cccc(O)c2)c(OC)cc1Cl. The van der Waals surface area contributed by atoms with E-state index in [1.54, 1.807) is 17.0 Å². The van der Waals surface area contributed by atoms with Gasteiger partial charge in [0.1, 0.15) is 23.0 Å². The minimum absolute atomic E-state index is 0.00692. The van der Waals surface area contributed by atoms with Crippen LogP contribution in [-0.4, -0.2) is 47.1 Å². The fraction of sp³-hybridized carbons (Fsp3) is 0.360. The van der Waals surface area contributed by atoms with Crippen molar-refractivity contribution < 1.29 is 29.3 Å². The summed E-state index contributed by atoms with van der Waals surface area (Å²) in [6.07, 6.45) is 4.56. The van der Waals surface area contributed by atoms with Crippen molar-refractivity contribution in [3.8, 4) is 17.2 Å². The number of phenolic OH excluding ortho intramolecular Hbond substituents is 1. The van der Waals surface area contributed by atoms with Crippen LogP contribution < -0.4 is 9.47 Å². The number of rotatable bonds is 5. The molecule has 2 fully saturated rings. The molecule has 1 aliphatic heterocycles. The van der Waals surface area contributed by atoms with E-state index in [1.165, 1.54) is 38.5 Å². The normalized spacial score (nSPS) is 20.8. The molecule has 1 saturated heterocycles. The summed E-state index contributed by atoms with van der Waals surface area (Å²) in [5.41, 5.74) is 0.672. The molecule has 0 radical (unpaired) electrons. The lowest BCUT2D eigenvalue weighted by Crippen LogP contribution is -2.40. The average molecular weight is 472 g/mol. The summed E-state index contributed by atoms with van der Waals surface area (Å²) >= 11 is 6.20. The van der Waals surface area contributed by atoms with Crippen LogP contribution >= 0.6 is 11.6 Å². The second kappa shape index (κ2) is 9.35. The summed E-state index contributed by atoms with van der Waals surface area (Å²) < 4.78 is 10.7. The van der Waals surface area contributed by atoms with Crippen LogP contribution in [0.3, 0.4) is 0 Å². The van der Waals surface area contributed by atoms with Crippen LogP contribution in [-0.2, 0) is 9.59 Å². The summed E-state index contributed by atoms with van der Waals surface area (Å²) in [5, 5.41) is 21.8. The lowest BCUT2D eigenvalue weighted by molar-refractivity contribution is -0.141. The third-order valence-corrected chi connectivity index (χ3v) is 6.66. The molecule has 33 heavy (non-hydrogen) atoms. The van der Waals surface area contributed by atoms with Crippen molar-refractivity contribution in [2.45, 2.75) is 44.2 Å². The number of aliphatic hydroxyl groups excluding tert-OH is 1. The van der Waals surface area contributed by atoms with Gasteiger partial charge in [0.25, 0.3) is 11.7 Å². The van der Waals surface area contributed by atoms with Crippen molar-refractivity contribution in [1.29, 1.82) is 0 Å². The van der Waals surface area contributed by atoms with E-state index in [4.69, 9.17) is 21.1 Å². The fourth-order valence-corrected chi connectivity index (χ4v) is 5.03. The predicted octanol–water partition coefficient (Wildman–Crippen LogP) is 4.82. The number of aliphatic hydroxyl groups is 1. The standard InChI is InChI=1S/C25H26ClNO6/c1-32-19-13-18(26)20(33-2)12-17(19)23(29)21-22(14-7-6-10-16(28)11-14)27(25(31)24(21)30)15-8-4-3-5-9-15/h6-7,10-13,15,22,28-29H,3-5,8-9H2,1-2H3/b23-21+. The van der Waals surface area contributed by atoms with E-state index in [2.05, 4.69) is 0 Å². The maximum atomic E-state index is 13.3. The summed E-state index contributed by atoms with van der Waals surface area (Å²) in [7, 11) is 2.86. The molecule has 4 rings (SSSR count). The number of ketones is 1. The highest BCUT2D eigenvalue weighted by Gasteiger charge is 2.49. The molecular weight excluding hydrogens is 446 g/mol. The van der Waals surface area contributed by atoms with Gasteiger partial charge in [-0.2, -0.15) is 0 Å². The molecule has 1 saturated carbocycles. The molecule has 0 aromatic heterocycles. The van der Waals surface area contributed by atoms with Crippen molar-refractivity contribution in [3.05, 3.63) is 58.1 Å². The van der Waals surface area contributed by atoms with E-state index in [0.29, 0.717) is 5.56 Å². The molecule has 7 nitrogen and oxygen atoms in total. The number of Topliss-reactive ketones (excluding diaryl/α,β-unsaturated/α-hetero) is 1. The van der Waals surface area contributed by atoms with E-state index < -0.39 is 17.7 Å². The first kappa shape index (κ1) is 23.0. The van der Waals surface area contributed by atoms with Gasteiger partial charge in [0.15, 0.2) is 0 Å². The number of ether oxygens (including phenoxy) is 2. The molecule has 1 amide bonds. The van der Waals surface area contributed by atoms with Gasteiger partial charge in [-0.1, -0.05) is 43.0 Å². The van der Waals surface area contributed by atoms with E-state index in [-0.39, 0.29) is 45.2 Å². The Labute approximate surface area is 197 Å². The molecule has 0 bridgehead atoms. The zero-order chi connectivity index (χ0) is 23.7. The maximum absolute atomic E-state index is 13.3. The molecule has 8 heteroatoms. The van der Waals surface area contributed by atoms with Gasteiger partial charge in [0.2, 0.25) is 0 Å². The number of nitrogens with zero attached hydrogens (tertiary/aromatic N) is 1. The van der Waals surface area contributed by atoms with Crippen molar-refractivity contribution in [3.63, 3.8) is 0 Å². The number of amides is 1. The van der Waals surface area contributed by atoms with Gasteiger partial charge in [-0.15, -0.1) is 0 Å². The van der Waals surface area contributed by atoms with Crippen LogP contribution in [0.15, 0.2) is 42.0 Å². The number of likely N-dealkylation sites (tertiary alicyclic amines) is 1. The van der Waals surface area contributed by atoms with Crippen LogP contribution in [0.2, 0.25) is 5.02 Å². The highest BCUT2D eigenvalue weighted by molar-refractivity contribution is 6.46. The summed E-state index contributed by atoms with van der Waals surface area (Å²) in [6.45, 7) is 0. The van der Waals surface area contributed by atoms with E-state index in [0.717, 1.165) is 32.1 Å². The van der Waals surface area contributed by atoms with Crippen molar-refractivity contribution in [2.75, 3.05) is 14.2 Å². The van der Waals surface area contributed by atoms with E-state index in [9.17, 15) is 19.8 Å². The number of hydrogen-bond donors (Lipinski definition) is 2. The molecule has 2 N–H and O–H groups in total. The summed E-state index contributed by atoms with van der Waals surface area (Å²) in [6, 6.07) is 8.40. The Kier molecular flexibility index (Phi) is 6.51. The third-order valence-electron chi connectivity index (χ3n) is 6.36. The molecule has 1 atom stereocenters. The lowest BCUT2D eigenvalue weighted by Gasteiger charge is -2.35. The number of carbonyl (C=O) groups is 2. The number of hydrogen-bond acceptors (Lipinski definition) is 6. The third kappa shape index (κ3) is 4.13. The first-order valence-electron chi connectivity index (χ1n) is 10.9.